The Balaban J connectivity index is 0.000000160. The number of H-pyrrole nitrogens is 1. The minimum absolute atomic E-state index is 0.268. The first kappa shape index (κ1) is 32.7. The number of nitrogens with one attached hydrogen (secondary N) is 1. The van der Waals surface area contributed by atoms with Crippen molar-refractivity contribution < 1.29 is 17.6 Å². The Morgan fingerprint density at radius 1 is 0.745 bits per heavy atom. The number of hydrogen-bond donors (Lipinski definition) is 1. The number of benzene rings is 1. The van der Waals surface area contributed by atoms with E-state index in [-0.39, 0.29) is 17.1 Å². The molecule has 0 radical (unpaired) electrons. The molecular weight excluding hydrogens is 660 g/mol. The molecule has 0 aliphatic heterocycles. The number of hydrogen-bond acceptors (Lipinski definition) is 8. The van der Waals surface area contributed by atoms with Crippen LogP contribution in [0.15, 0.2) is 110 Å². The zero-order valence-corrected chi connectivity index (χ0v) is 26.6. The van der Waals surface area contributed by atoms with Gasteiger partial charge in [-0.05, 0) is 73.2 Å². The molecule has 7 heterocycles. The minimum atomic E-state index is -2.70. The fraction of sp³-hybridized carbons (Fsp3) is 0.0811. The summed E-state index contributed by atoms with van der Waals surface area (Å²) in [6.45, 7) is 1.95. The third-order valence-corrected chi connectivity index (χ3v) is 7.86. The van der Waals surface area contributed by atoms with Crippen LogP contribution in [-0.4, -0.2) is 44.7 Å². The lowest BCUT2D eigenvalue weighted by molar-refractivity contribution is 0.146. The minimum Gasteiger partial charge on any atom is -0.276 e. The van der Waals surface area contributed by atoms with Crippen LogP contribution in [-0.2, 0) is 0 Å². The summed E-state index contributed by atoms with van der Waals surface area (Å²) in [4.78, 5) is 21.9. The molecule has 8 rings (SSSR count). The van der Waals surface area contributed by atoms with E-state index in [2.05, 4.69) is 46.3 Å². The highest BCUT2D eigenvalue weighted by atomic mass is 19.3. The van der Waals surface area contributed by atoms with Gasteiger partial charge >= 0.3 is 0 Å². The molecule has 250 valence electrons. The van der Waals surface area contributed by atoms with Crippen molar-refractivity contribution in [1.82, 2.24) is 44.7 Å². The Bertz CT molecular complexity index is 2560. The van der Waals surface area contributed by atoms with Gasteiger partial charge in [0.1, 0.15) is 23.0 Å². The van der Waals surface area contributed by atoms with Crippen molar-refractivity contribution >= 4 is 16.6 Å². The highest BCUT2D eigenvalue weighted by Gasteiger charge is 2.18. The average molecular weight is 685 g/mol. The molecule has 0 saturated heterocycles. The van der Waals surface area contributed by atoms with E-state index in [1.54, 1.807) is 53.3 Å². The topological polar surface area (TPSA) is 134 Å². The summed E-state index contributed by atoms with van der Waals surface area (Å²) in [5.41, 5.74) is 6.71. The Morgan fingerprint density at radius 2 is 1.47 bits per heavy atom. The van der Waals surface area contributed by atoms with E-state index in [1.807, 2.05) is 43.3 Å². The van der Waals surface area contributed by atoms with E-state index in [0.717, 1.165) is 28.3 Å². The van der Waals surface area contributed by atoms with Gasteiger partial charge in [0.25, 0.3) is 12.9 Å². The van der Waals surface area contributed by atoms with Crippen LogP contribution in [0.5, 0.6) is 0 Å². The van der Waals surface area contributed by atoms with Gasteiger partial charge in [0, 0.05) is 40.8 Å². The van der Waals surface area contributed by atoms with Crippen LogP contribution >= 0.6 is 0 Å². The molecule has 10 nitrogen and oxygen atoms in total. The monoisotopic (exact) mass is 684 g/mol. The number of halogens is 4. The average Bonchev–Trinajstić information content (AvgIpc) is 3.79. The van der Waals surface area contributed by atoms with Crippen LogP contribution < -0.4 is 0 Å². The number of nitriles is 1. The lowest BCUT2D eigenvalue weighted by atomic mass is 10.00. The molecule has 8 aromatic rings. The van der Waals surface area contributed by atoms with Gasteiger partial charge in [-0.3, -0.25) is 20.1 Å². The standard InChI is InChI=1S/C19H12F4N4.C18H12N6/c20-18(21)15-5-1-4-14(25-15)16-11(3-2-8-24-16)10-6-7-13-12(9-10)17(19(22)23)27-26-13;1-12-4-2-6-16(22-12)17-14(5-3-8-20-17)15-7-9-24-18(23-15)13(10-19)11-21-24/h1-9,18-19H,(H,26,27);2-9,11H,1H3. The van der Waals surface area contributed by atoms with Crippen LogP contribution in [0.3, 0.4) is 0 Å². The van der Waals surface area contributed by atoms with Gasteiger partial charge in [-0.2, -0.15) is 15.5 Å². The third kappa shape index (κ3) is 6.60. The van der Waals surface area contributed by atoms with Crippen molar-refractivity contribution in [3.05, 3.63) is 132 Å². The number of alkyl halides is 4. The van der Waals surface area contributed by atoms with Gasteiger partial charge in [0.15, 0.2) is 5.65 Å². The van der Waals surface area contributed by atoms with Crippen LogP contribution in [0.25, 0.3) is 61.7 Å². The summed E-state index contributed by atoms with van der Waals surface area (Å²) in [5.74, 6) is 0. The lowest BCUT2D eigenvalue weighted by Gasteiger charge is -2.10. The fourth-order valence-electron chi connectivity index (χ4n) is 5.50. The van der Waals surface area contributed by atoms with Crippen molar-refractivity contribution in [2.24, 2.45) is 0 Å². The second-order valence-corrected chi connectivity index (χ2v) is 11.1. The molecule has 7 aromatic heterocycles. The number of fused-ring (bicyclic) bond motifs is 2. The number of nitrogens with zero attached hydrogens (tertiary/aromatic N) is 9. The molecule has 14 heteroatoms. The molecule has 0 aliphatic rings. The number of aryl methyl sites for hydroxylation is 1. The molecule has 0 unspecified atom stereocenters. The quantitative estimate of drug-likeness (QED) is 0.172. The van der Waals surface area contributed by atoms with E-state index < -0.39 is 12.9 Å². The highest BCUT2D eigenvalue weighted by molar-refractivity contribution is 5.89. The second kappa shape index (κ2) is 13.9. The van der Waals surface area contributed by atoms with Crippen molar-refractivity contribution in [1.29, 1.82) is 5.26 Å². The zero-order valence-electron chi connectivity index (χ0n) is 26.6. The molecule has 0 aliphatic carbocycles. The number of aromatic nitrogens is 9. The van der Waals surface area contributed by atoms with Crippen LogP contribution in [0.4, 0.5) is 17.6 Å². The number of aromatic amines is 1. The molecule has 51 heavy (non-hydrogen) atoms. The first-order chi connectivity index (χ1) is 24.8. The maximum atomic E-state index is 13.2. The van der Waals surface area contributed by atoms with Gasteiger partial charge in [0.2, 0.25) is 0 Å². The Labute approximate surface area is 287 Å². The van der Waals surface area contributed by atoms with E-state index in [4.69, 9.17) is 0 Å². The van der Waals surface area contributed by atoms with E-state index >= 15 is 0 Å². The Morgan fingerprint density at radius 3 is 2.20 bits per heavy atom. The molecule has 0 bridgehead atoms. The lowest BCUT2D eigenvalue weighted by Crippen LogP contribution is -1.97. The maximum Gasteiger partial charge on any atom is 0.280 e. The van der Waals surface area contributed by atoms with E-state index in [0.29, 0.717) is 38.9 Å². The van der Waals surface area contributed by atoms with Gasteiger partial charge < -0.3 is 0 Å². The predicted molar refractivity (Wildman–Crippen MR) is 181 cm³/mol. The zero-order chi connectivity index (χ0) is 35.5. The number of pyridine rings is 4. The largest absolute Gasteiger partial charge is 0.280 e. The van der Waals surface area contributed by atoms with Crippen molar-refractivity contribution in [3.63, 3.8) is 0 Å². The van der Waals surface area contributed by atoms with Crippen molar-refractivity contribution in [2.75, 3.05) is 0 Å². The number of rotatable bonds is 6. The fourth-order valence-corrected chi connectivity index (χ4v) is 5.50. The molecule has 0 atom stereocenters. The molecule has 0 amide bonds. The molecule has 1 aromatic carbocycles. The van der Waals surface area contributed by atoms with Crippen molar-refractivity contribution in [3.8, 4) is 51.2 Å². The molecule has 0 spiro atoms. The molecule has 1 N–H and O–H groups in total. The summed E-state index contributed by atoms with van der Waals surface area (Å²) in [6.07, 6.45) is 1.17. The SMILES string of the molecule is Cc1cccc(-c2ncccc2-c2ccn3ncc(C#N)c3n2)n1.FC(F)c1cccc(-c2ncccc2-c2ccc3n[nH]c(C(F)F)c3c2)n1. The predicted octanol–water partition coefficient (Wildman–Crippen LogP) is 8.60. The van der Waals surface area contributed by atoms with E-state index in [9.17, 15) is 22.8 Å². The van der Waals surface area contributed by atoms with Gasteiger partial charge in [0.05, 0.1) is 40.2 Å². The summed E-state index contributed by atoms with van der Waals surface area (Å²) < 4.78 is 53.9. The first-order valence-corrected chi connectivity index (χ1v) is 15.4. The van der Waals surface area contributed by atoms with Gasteiger partial charge in [-0.1, -0.05) is 24.3 Å². The van der Waals surface area contributed by atoms with Crippen molar-refractivity contribution in [2.45, 2.75) is 19.8 Å². The van der Waals surface area contributed by atoms with Crippen LogP contribution in [0.2, 0.25) is 0 Å². The normalized spacial score (nSPS) is 11.2. The summed E-state index contributed by atoms with van der Waals surface area (Å²) >= 11 is 0. The van der Waals surface area contributed by atoms with Crippen LogP contribution in [0, 0.1) is 18.3 Å². The Kier molecular flexibility index (Phi) is 8.92. The second-order valence-electron chi connectivity index (χ2n) is 11.1. The maximum absolute atomic E-state index is 13.2. The summed E-state index contributed by atoms with van der Waals surface area (Å²) in [7, 11) is 0. The smallest absolute Gasteiger partial charge is 0.276 e. The third-order valence-electron chi connectivity index (χ3n) is 7.86. The van der Waals surface area contributed by atoms with Crippen LogP contribution in [0.1, 0.15) is 35.5 Å². The molecular formula is C37H24F4N10. The van der Waals surface area contributed by atoms with Gasteiger partial charge in [-0.25, -0.2) is 32.0 Å². The first-order valence-electron chi connectivity index (χ1n) is 15.4. The van der Waals surface area contributed by atoms with Gasteiger partial charge in [-0.15, -0.1) is 0 Å². The summed E-state index contributed by atoms with van der Waals surface area (Å²) in [6, 6.07) is 26.3. The van der Waals surface area contributed by atoms with E-state index in [1.165, 1.54) is 24.5 Å². The molecule has 0 saturated carbocycles. The highest BCUT2D eigenvalue weighted by Crippen LogP contribution is 2.34. The summed E-state index contributed by atoms with van der Waals surface area (Å²) in [5, 5.41) is 19.8. The Hall–Kier alpha value is -6.88. The molecule has 0 fully saturated rings.